The summed E-state index contributed by atoms with van der Waals surface area (Å²) >= 11 is 1.41. The van der Waals surface area contributed by atoms with Crippen molar-refractivity contribution in [2.75, 3.05) is 0 Å². The number of rotatable bonds is 4. The minimum Gasteiger partial charge on any atom is -0.472 e. The van der Waals surface area contributed by atoms with Crippen LogP contribution in [0.3, 0.4) is 0 Å². The third-order valence-corrected chi connectivity index (χ3v) is 4.28. The highest BCUT2D eigenvalue weighted by molar-refractivity contribution is 7.13. The fourth-order valence-electron chi connectivity index (χ4n) is 2.11. The Morgan fingerprint density at radius 1 is 1.32 bits per heavy atom. The van der Waals surface area contributed by atoms with E-state index in [0.717, 1.165) is 27.5 Å². The first kappa shape index (κ1) is 14.5. The molecule has 22 heavy (non-hydrogen) atoms. The number of furan rings is 1. The summed E-state index contributed by atoms with van der Waals surface area (Å²) < 4.78 is 5.04. The van der Waals surface area contributed by atoms with Crippen LogP contribution in [-0.4, -0.2) is 15.9 Å². The molecule has 0 aliphatic heterocycles. The van der Waals surface area contributed by atoms with Crippen molar-refractivity contribution in [1.29, 1.82) is 0 Å². The fraction of sp³-hybridized carbons (Fsp3) is 0.188. The number of carbonyl (C=O) groups excluding carboxylic acids is 1. The van der Waals surface area contributed by atoms with Gasteiger partial charge in [0.05, 0.1) is 28.9 Å². The van der Waals surface area contributed by atoms with Crippen molar-refractivity contribution in [3.8, 4) is 11.3 Å². The quantitative estimate of drug-likeness (QED) is 0.802. The molecule has 5 nitrogen and oxygen atoms in total. The SMILES string of the molecule is Cc1nc(C)c(C(=O)NCc2ccc(-c3ccoc3)nc2)s1. The lowest BCUT2D eigenvalue weighted by Crippen LogP contribution is -2.22. The number of aromatic nitrogens is 2. The van der Waals surface area contributed by atoms with Crippen LogP contribution in [0.1, 0.15) is 25.9 Å². The number of nitrogens with zero attached hydrogens (tertiary/aromatic N) is 2. The van der Waals surface area contributed by atoms with E-state index in [2.05, 4.69) is 15.3 Å². The fourth-order valence-corrected chi connectivity index (χ4v) is 2.95. The lowest BCUT2D eigenvalue weighted by atomic mass is 10.2. The van der Waals surface area contributed by atoms with E-state index in [-0.39, 0.29) is 5.91 Å². The molecule has 6 heteroatoms. The van der Waals surface area contributed by atoms with Crippen molar-refractivity contribution in [2.45, 2.75) is 20.4 Å². The average Bonchev–Trinajstić information content (AvgIpc) is 3.15. The van der Waals surface area contributed by atoms with Crippen molar-refractivity contribution >= 4 is 17.2 Å². The molecule has 1 N–H and O–H groups in total. The van der Waals surface area contributed by atoms with Gasteiger partial charge in [0.1, 0.15) is 4.88 Å². The summed E-state index contributed by atoms with van der Waals surface area (Å²) in [6.07, 6.45) is 5.02. The van der Waals surface area contributed by atoms with Crippen molar-refractivity contribution in [2.24, 2.45) is 0 Å². The first-order valence-corrected chi connectivity index (χ1v) is 7.65. The van der Waals surface area contributed by atoms with Gasteiger partial charge in [-0.05, 0) is 31.5 Å². The number of hydrogen-bond donors (Lipinski definition) is 1. The Morgan fingerprint density at radius 2 is 2.18 bits per heavy atom. The van der Waals surface area contributed by atoms with Crippen LogP contribution < -0.4 is 5.32 Å². The maximum Gasteiger partial charge on any atom is 0.263 e. The molecule has 3 rings (SSSR count). The van der Waals surface area contributed by atoms with Crippen LogP contribution in [0, 0.1) is 13.8 Å². The normalized spacial score (nSPS) is 10.6. The van der Waals surface area contributed by atoms with Crippen LogP contribution >= 0.6 is 11.3 Å². The van der Waals surface area contributed by atoms with E-state index in [9.17, 15) is 4.79 Å². The molecule has 0 radical (unpaired) electrons. The van der Waals surface area contributed by atoms with Gasteiger partial charge in [-0.25, -0.2) is 4.98 Å². The smallest absolute Gasteiger partial charge is 0.263 e. The minimum atomic E-state index is -0.0954. The van der Waals surface area contributed by atoms with Crippen LogP contribution in [0.2, 0.25) is 0 Å². The number of aryl methyl sites for hydroxylation is 2. The standard InChI is InChI=1S/C16H15N3O2S/c1-10-15(22-11(2)19-10)16(20)18-8-12-3-4-14(17-7-12)13-5-6-21-9-13/h3-7,9H,8H2,1-2H3,(H,18,20). The highest BCUT2D eigenvalue weighted by atomic mass is 32.1. The molecule has 0 spiro atoms. The number of pyridine rings is 1. The first-order chi connectivity index (χ1) is 10.6. The molecule has 3 aromatic rings. The second-order valence-electron chi connectivity index (χ2n) is 4.89. The van der Waals surface area contributed by atoms with E-state index in [1.807, 2.05) is 32.0 Å². The average molecular weight is 313 g/mol. The van der Waals surface area contributed by atoms with Crippen LogP contribution in [0.15, 0.2) is 41.3 Å². The molecule has 0 saturated heterocycles. The Labute approximate surface area is 132 Å². The number of hydrogen-bond acceptors (Lipinski definition) is 5. The molecular formula is C16H15N3O2S. The van der Waals surface area contributed by atoms with Gasteiger partial charge in [-0.2, -0.15) is 0 Å². The molecule has 0 saturated carbocycles. The number of amides is 1. The highest BCUT2D eigenvalue weighted by Crippen LogP contribution is 2.18. The van der Waals surface area contributed by atoms with E-state index < -0.39 is 0 Å². The lowest BCUT2D eigenvalue weighted by Gasteiger charge is -2.05. The Morgan fingerprint density at radius 3 is 2.77 bits per heavy atom. The maximum atomic E-state index is 12.1. The summed E-state index contributed by atoms with van der Waals surface area (Å²) in [5, 5.41) is 3.79. The molecule has 0 aromatic carbocycles. The Kier molecular flexibility index (Phi) is 4.02. The second kappa shape index (κ2) is 6.11. The highest BCUT2D eigenvalue weighted by Gasteiger charge is 2.13. The van der Waals surface area contributed by atoms with Crippen molar-refractivity contribution in [3.63, 3.8) is 0 Å². The Hall–Kier alpha value is -2.47. The molecule has 0 unspecified atom stereocenters. The van der Waals surface area contributed by atoms with Gasteiger partial charge in [0, 0.05) is 18.3 Å². The van der Waals surface area contributed by atoms with Gasteiger partial charge >= 0.3 is 0 Å². The third-order valence-electron chi connectivity index (χ3n) is 3.20. The Bertz CT molecular complexity index is 776. The van der Waals surface area contributed by atoms with Crippen LogP contribution in [-0.2, 0) is 6.54 Å². The third kappa shape index (κ3) is 3.07. The molecule has 0 aliphatic carbocycles. The molecular weight excluding hydrogens is 298 g/mol. The summed E-state index contributed by atoms with van der Waals surface area (Å²) in [6, 6.07) is 5.72. The van der Waals surface area contributed by atoms with Gasteiger partial charge in [0.15, 0.2) is 0 Å². The van der Waals surface area contributed by atoms with Gasteiger partial charge in [0.25, 0.3) is 5.91 Å². The predicted molar refractivity (Wildman–Crippen MR) is 84.7 cm³/mol. The van der Waals surface area contributed by atoms with Crippen LogP contribution in [0.25, 0.3) is 11.3 Å². The van der Waals surface area contributed by atoms with Crippen molar-refractivity contribution in [1.82, 2.24) is 15.3 Å². The number of carbonyl (C=O) groups is 1. The van der Waals surface area contributed by atoms with E-state index in [1.165, 1.54) is 11.3 Å². The van der Waals surface area contributed by atoms with Gasteiger partial charge in [-0.15, -0.1) is 11.3 Å². The monoisotopic (exact) mass is 313 g/mol. The Balaban J connectivity index is 1.64. The minimum absolute atomic E-state index is 0.0954. The first-order valence-electron chi connectivity index (χ1n) is 6.83. The zero-order chi connectivity index (χ0) is 15.5. The van der Waals surface area contributed by atoms with E-state index >= 15 is 0 Å². The molecule has 1 amide bonds. The molecule has 0 aliphatic rings. The zero-order valence-corrected chi connectivity index (χ0v) is 13.1. The maximum absolute atomic E-state index is 12.1. The molecule has 3 heterocycles. The van der Waals surface area contributed by atoms with Crippen molar-refractivity contribution in [3.05, 3.63) is 58.1 Å². The van der Waals surface area contributed by atoms with Gasteiger partial charge in [-0.1, -0.05) is 6.07 Å². The molecule has 3 aromatic heterocycles. The molecule has 0 atom stereocenters. The molecule has 0 fully saturated rings. The van der Waals surface area contributed by atoms with E-state index in [4.69, 9.17) is 4.42 Å². The van der Waals surface area contributed by atoms with E-state index in [1.54, 1.807) is 18.7 Å². The topological polar surface area (TPSA) is 68.0 Å². The van der Waals surface area contributed by atoms with Crippen LogP contribution in [0.5, 0.6) is 0 Å². The summed E-state index contributed by atoms with van der Waals surface area (Å²) in [7, 11) is 0. The summed E-state index contributed by atoms with van der Waals surface area (Å²) in [4.78, 5) is 21.4. The van der Waals surface area contributed by atoms with Gasteiger partial charge < -0.3 is 9.73 Å². The molecule has 112 valence electrons. The van der Waals surface area contributed by atoms with Gasteiger partial charge in [0.2, 0.25) is 0 Å². The van der Waals surface area contributed by atoms with Crippen molar-refractivity contribution < 1.29 is 9.21 Å². The summed E-state index contributed by atoms with van der Waals surface area (Å²) in [6.45, 7) is 4.18. The number of nitrogens with one attached hydrogen (secondary N) is 1. The van der Waals surface area contributed by atoms with E-state index in [0.29, 0.717) is 11.4 Å². The summed E-state index contributed by atoms with van der Waals surface area (Å²) in [5.74, 6) is -0.0954. The molecule has 0 bridgehead atoms. The predicted octanol–water partition coefficient (Wildman–Crippen LogP) is 3.34. The summed E-state index contributed by atoms with van der Waals surface area (Å²) in [5.41, 5.74) is 3.50. The lowest BCUT2D eigenvalue weighted by molar-refractivity contribution is 0.0954. The largest absolute Gasteiger partial charge is 0.472 e. The number of thiazole rings is 1. The zero-order valence-electron chi connectivity index (χ0n) is 12.3. The van der Waals surface area contributed by atoms with Crippen LogP contribution in [0.4, 0.5) is 0 Å². The van der Waals surface area contributed by atoms with Gasteiger partial charge in [-0.3, -0.25) is 9.78 Å². The second-order valence-corrected chi connectivity index (χ2v) is 6.10.